The zero-order chi connectivity index (χ0) is 13.1. The number of rotatable bonds is 8. The van der Waals surface area contributed by atoms with Crippen LogP contribution in [0.5, 0.6) is 0 Å². The highest BCUT2D eigenvalue weighted by Gasteiger charge is 2.01. The second kappa shape index (κ2) is 9.48. The van der Waals surface area contributed by atoms with Crippen molar-refractivity contribution in [2.75, 3.05) is 25.0 Å². The molecule has 18 heavy (non-hydrogen) atoms. The number of carbonyl (C=O) groups excluding carboxylic acids is 1. The molecule has 0 aliphatic carbocycles. The van der Waals surface area contributed by atoms with Crippen LogP contribution < -0.4 is 10.6 Å². The molecule has 4 nitrogen and oxygen atoms in total. The van der Waals surface area contributed by atoms with E-state index in [1.54, 1.807) is 0 Å². The van der Waals surface area contributed by atoms with E-state index in [1.165, 1.54) is 12.8 Å². The Balaban J connectivity index is 2.00. The van der Waals surface area contributed by atoms with Crippen LogP contribution in [-0.2, 0) is 4.74 Å². The molecule has 2 N–H and O–H groups in total. The Labute approximate surface area is 109 Å². The first kappa shape index (κ1) is 14.5. The van der Waals surface area contributed by atoms with Crippen molar-refractivity contribution in [1.82, 2.24) is 5.32 Å². The van der Waals surface area contributed by atoms with Gasteiger partial charge in [0.1, 0.15) is 0 Å². The lowest BCUT2D eigenvalue weighted by molar-refractivity contribution is 0.160. The number of para-hydroxylation sites is 1. The van der Waals surface area contributed by atoms with Crippen molar-refractivity contribution < 1.29 is 9.53 Å². The Bertz CT molecular complexity index is 328. The van der Waals surface area contributed by atoms with E-state index >= 15 is 0 Å². The van der Waals surface area contributed by atoms with Gasteiger partial charge in [-0.25, -0.2) is 4.79 Å². The summed E-state index contributed by atoms with van der Waals surface area (Å²) in [5, 5.41) is 5.97. The number of ether oxygens (including phenoxy) is 1. The van der Waals surface area contributed by atoms with Crippen molar-refractivity contribution in [3.8, 4) is 0 Å². The molecule has 0 saturated heterocycles. The van der Waals surface area contributed by atoms with E-state index in [-0.39, 0.29) is 0 Å². The maximum absolute atomic E-state index is 11.4. The maximum atomic E-state index is 11.4. The lowest BCUT2D eigenvalue weighted by Crippen LogP contribution is -2.20. The summed E-state index contributed by atoms with van der Waals surface area (Å²) in [7, 11) is 0. The minimum absolute atomic E-state index is 0.394. The van der Waals surface area contributed by atoms with Crippen molar-refractivity contribution in [3.63, 3.8) is 0 Å². The lowest BCUT2D eigenvalue weighted by Gasteiger charge is -2.07. The predicted molar refractivity (Wildman–Crippen MR) is 73.8 cm³/mol. The van der Waals surface area contributed by atoms with Crippen LogP contribution in [0.4, 0.5) is 10.5 Å². The van der Waals surface area contributed by atoms with Gasteiger partial charge in [-0.05, 0) is 38.1 Å². The first-order chi connectivity index (χ1) is 8.83. The molecule has 0 aliphatic heterocycles. The number of benzene rings is 1. The van der Waals surface area contributed by atoms with Crippen LogP contribution in [0.25, 0.3) is 0 Å². The SMILES string of the molecule is CCCCNCCCOC(=O)Nc1ccccc1. The molecule has 0 unspecified atom stereocenters. The second-order valence-electron chi connectivity index (χ2n) is 4.08. The van der Waals surface area contributed by atoms with Gasteiger partial charge in [-0.15, -0.1) is 0 Å². The van der Waals surface area contributed by atoms with Gasteiger partial charge in [0, 0.05) is 5.69 Å². The zero-order valence-electron chi connectivity index (χ0n) is 10.9. The van der Waals surface area contributed by atoms with Gasteiger partial charge in [-0.1, -0.05) is 31.5 Å². The average molecular weight is 250 g/mol. The number of hydrogen-bond donors (Lipinski definition) is 2. The van der Waals surface area contributed by atoms with Gasteiger partial charge in [0.05, 0.1) is 6.61 Å². The van der Waals surface area contributed by atoms with Crippen molar-refractivity contribution >= 4 is 11.8 Å². The summed E-state index contributed by atoms with van der Waals surface area (Å²) in [6.45, 7) is 4.53. The second-order valence-corrected chi connectivity index (χ2v) is 4.08. The van der Waals surface area contributed by atoms with Gasteiger partial charge >= 0.3 is 6.09 Å². The molecule has 0 saturated carbocycles. The Kier molecular flexibility index (Phi) is 7.64. The first-order valence-corrected chi connectivity index (χ1v) is 6.52. The zero-order valence-corrected chi connectivity index (χ0v) is 10.9. The molecule has 0 bridgehead atoms. The molecule has 0 atom stereocenters. The summed E-state index contributed by atoms with van der Waals surface area (Å²) in [6.07, 6.45) is 2.83. The van der Waals surface area contributed by atoms with Crippen LogP contribution in [0.1, 0.15) is 26.2 Å². The fraction of sp³-hybridized carbons (Fsp3) is 0.500. The number of amides is 1. The molecule has 100 valence electrons. The van der Waals surface area contributed by atoms with Gasteiger partial charge in [0.2, 0.25) is 0 Å². The lowest BCUT2D eigenvalue weighted by atomic mass is 10.3. The highest BCUT2D eigenvalue weighted by molar-refractivity contribution is 5.84. The molecule has 0 aromatic heterocycles. The van der Waals surface area contributed by atoms with Crippen LogP contribution in [0.15, 0.2) is 30.3 Å². The van der Waals surface area contributed by atoms with Gasteiger partial charge < -0.3 is 10.1 Å². The topological polar surface area (TPSA) is 50.4 Å². The largest absolute Gasteiger partial charge is 0.449 e. The van der Waals surface area contributed by atoms with Crippen molar-refractivity contribution in [3.05, 3.63) is 30.3 Å². The van der Waals surface area contributed by atoms with E-state index in [9.17, 15) is 4.79 Å². The smallest absolute Gasteiger partial charge is 0.411 e. The molecule has 0 aliphatic rings. The van der Waals surface area contributed by atoms with E-state index in [1.807, 2.05) is 30.3 Å². The van der Waals surface area contributed by atoms with Crippen LogP contribution in [0, 0.1) is 0 Å². The van der Waals surface area contributed by atoms with Gasteiger partial charge in [-0.3, -0.25) is 5.32 Å². The van der Waals surface area contributed by atoms with E-state index in [0.29, 0.717) is 6.61 Å². The predicted octanol–water partition coefficient (Wildman–Crippen LogP) is 3.01. The summed E-state index contributed by atoms with van der Waals surface area (Å²) in [6, 6.07) is 9.29. The summed E-state index contributed by atoms with van der Waals surface area (Å²) < 4.78 is 5.06. The molecule has 0 spiro atoms. The summed E-state index contributed by atoms with van der Waals surface area (Å²) >= 11 is 0. The molecule has 1 aromatic rings. The fourth-order valence-electron chi connectivity index (χ4n) is 1.46. The molecular formula is C14H22N2O2. The number of carbonyl (C=O) groups is 1. The molecule has 1 rings (SSSR count). The van der Waals surface area contributed by atoms with Gasteiger partial charge in [-0.2, -0.15) is 0 Å². The number of unbranched alkanes of at least 4 members (excludes halogenated alkanes) is 1. The Morgan fingerprint density at radius 1 is 1.17 bits per heavy atom. The molecular weight excluding hydrogens is 228 g/mol. The minimum atomic E-state index is -0.394. The van der Waals surface area contributed by atoms with Gasteiger partial charge in [0.15, 0.2) is 0 Å². The average Bonchev–Trinajstić information content (AvgIpc) is 2.39. The Morgan fingerprint density at radius 2 is 1.89 bits per heavy atom. The van der Waals surface area contributed by atoms with Crippen molar-refractivity contribution in [2.45, 2.75) is 26.2 Å². The molecule has 0 fully saturated rings. The van der Waals surface area contributed by atoms with Gasteiger partial charge in [0.25, 0.3) is 0 Å². The maximum Gasteiger partial charge on any atom is 0.411 e. The van der Waals surface area contributed by atoms with E-state index in [0.717, 1.165) is 25.2 Å². The highest BCUT2D eigenvalue weighted by Crippen LogP contribution is 2.05. The number of hydrogen-bond acceptors (Lipinski definition) is 3. The standard InChI is InChI=1S/C14H22N2O2/c1-2-3-10-15-11-7-12-18-14(17)16-13-8-5-4-6-9-13/h4-6,8-9,15H,2-3,7,10-12H2,1H3,(H,16,17). The molecule has 1 amide bonds. The highest BCUT2D eigenvalue weighted by atomic mass is 16.5. The summed E-state index contributed by atoms with van der Waals surface area (Å²) in [5.74, 6) is 0. The van der Waals surface area contributed by atoms with Crippen LogP contribution in [0.3, 0.4) is 0 Å². The minimum Gasteiger partial charge on any atom is -0.449 e. The third-order valence-electron chi connectivity index (χ3n) is 2.46. The van der Waals surface area contributed by atoms with E-state index in [2.05, 4.69) is 17.6 Å². The fourth-order valence-corrected chi connectivity index (χ4v) is 1.46. The first-order valence-electron chi connectivity index (χ1n) is 6.52. The van der Waals surface area contributed by atoms with E-state index in [4.69, 9.17) is 4.74 Å². The number of nitrogens with one attached hydrogen (secondary N) is 2. The Morgan fingerprint density at radius 3 is 2.61 bits per heavy atom. The Hall–Kier alpha value is -1.55. The summed E-state index contributed by atoms with van der Waals surface area (Å²) in [5.41, 5.74) is 0.753. The summed E-state index contributed by atoms with van der Waals surface area (Å²) in [4.78, 5) is 11.4. The third-order valence-corrected chi connectivity index (χ3v) is 2.46. The van der Waals surface area contributed by atoms with Crippen LogP contribution >= 0.6 is 0 Å². The molecule has 4 heteroatoms. The van der Waals surface area contributed by atoms with Crippen LogP contribution in [-0.4, -0.2) is 25.8 Å². The molecule has 0 heterocycles. The molecule has 1 aromatic carbocycles. The van der Waals surface area contributed by atoms with Crippen LogP contribution in [0.2, 0.25) is 0 Å². The van der Waals surface area contributed by atoms with Crippen molar-refractivity contribution in [2.24, 2.45) is 0 Å². The van der Waals surface area contributed by atoms with Crippen molar-refractivity contribution in [1.29, 1.82) is 0 Å². The molecule has 0 radical (unpaired) electrons. The third kappa shape index (κ3) is 6.91. The monoisotopic (exact) mass is 250 g/mol. The van der Waals surface area contributed by atoms with E-state index < -0.39 is 6.09 Å². The normalized spacial score (nSPS) is 10.1. The quantitative estimate of drug-likeness (QED) is 0.697. The number of anilines is 1.